The monoisotopic (exact) mass is 395 g/mol. The molecule has 3 aromatic rings. The Bertz CT molecular complexity index is 858. The number of hydrogen-bond donors (Lipinski definition) is 0. The Labute approximate surface area is 172 Å². The zero-order chi connectivity index (χ0) is 20.5. The predicted molar refractivity (Wildman–Crippen MR) is 113 cm³/mol. The molecule has 3 rings (SSSR count). The molecule has 154 valence electrons. The fourth-order valence-electron chi connectivity index (χ4n) is 3.20. The van der Waals surface area contributed by atoms with Crippen molar-refractivity contribution in [3.8, 4) is 17.0 Å². The van der Waals surface area contributed by atoms with E-state index in [0.29, 0.717) is 19.8 Å². The number of nitrogens with zero attached hydrogens (tertiary/aromatic N) is 1. The topological polar surface area (TPSA) is 53.7 Å². The van der Waals surface area contributed by atoms with Crippen molar-refractivity contribution in [1.29, 1.82) is 0 Å². The number of aromatic nitrogens is 1. The molecule has 0 N–H and O–H groups in total. The van der Waals surface area contributed by atoms with Gasteiger partial charge in [-0.2, -0.15) is 0 Å². The van der Waals surface area contributed by atoms with Crippen LogP contribution in [-0.4, -0.2) is 25.0 Å². The Morgan fingerprint density at radius 2 is 1.72 bits per heavy atom. The average molecular weight is 395 g/mol. The van der Waals surface area contributed by atoms with Crippen LogP contribution >= 0.6 is 0 Å². The van der Waals surface area contributed by atoms with Gasteiger partial charge in [-0.05, 0) is 38.5 Å². The molecule has 5 nitrogen and oxygen atoms in total. The fraction of sp³-hybridized carbons (Fsp3) is 0.375. The van der Waals surface area contributed by atoms with Crippen molar-refractivity contribution in [2.24, 2.45) is 0 Å². The van der Waals surface area contributed by atoms with Crippen molar-refractivity contribution in [2.45, 2.75) is 39.9 Å². The average Bonchev–Trinajstić information content (AvgIpc) is 3.13. The molecule has 5 heteroatoms. The largest absolute Gasteiger partial charge is 0.489 e. The van der Waals surface area contributed by atoms with Gasteiger partial charge in [0.05, 0.1) is 11.7 Å². The number of benzene rings is 2. The molecular weight excluding hydrogens is 366 g/mol. The van der Waals surface area contributed by atoms with Crippen molar-refractivity contribution in [2.75, 3.05) is 19.8 Å². The van der Waals surface area contributed by atoms with Gasteiger partial charge in [0.25, 0.3) is 0 Å². The molecule has 0 fully saturated rings. The minimum absolute atomic E-state index is 0.0330. The zero-order valence-corrected chi connectivity index (χ0v) is 17.4. The number of aryl methyl sites for hydroxylation is 1. The van der Waals surface area contributed by atoms with Gasteiger partial charge in [-0.15, -0.1) is 0 Å². The van der Waals surface area contributed by atoms with E-state index in [1.54, 1.807) is 0 Å². The summed E-state index contributed by atoms with van der Waals surface area (Å²) in [5, 5.41) is 4.21. The molecule has 0 saturated carbocycles. The summed E-state index contributed by atoms with van der Waals surface area (Å²) >= 11 is 0. The normalized spacial score (nSPS) is 12.1. The van der Waals surface area contributed by atoms with Crippen molar-refractivity contribution in [1.82, 2.24) is 5.16 Å². The Balaban J connectivity index is 1.66. The van der Waals surface area contributed by atoms with E-state index in [1.165, 1.54) is 0 Å². The quantitative estimate of drug-likeness (QED) is 0.388. The van der Waals surface area contributed by atoms with E-state index < -0.39 is 0 Å². The molecule has 0 aliphatic rings. The maximum absolute atomic E-state index is 6.02. The summed E-state index contributed by atoms with van der Waals surface area (Å²) in [6, 6.07) is 18.1. The van der Waals surface area contributed by atoms with Crippen LogP contribution in [0, 0.1) is 6.92 Å². The minimum atomic E-state index is 0.0330. The SMILES string of the molecule is CCOCCC(OCC)c1ccc(OCc2c(-c3ccccc3)noc2C)cc1. The van der Waals surface area contributed by atoms with Crippen LogP contribution in [-0.2, 0) is 16.1 Å². The molecule has 2 aromatic carbocycles. The molecule has 1 aromatic heterocycles. The van der Waals surface area contributed by atoms with Gasteiger partial charge in [-0.25, -0.2) is 0 Å². The van der Waals surface area contributed by atoms with Crippen LogP contribution in [0.2, 0.25) is 0 Å². The van der Waals surface area contributed by atoms with Crippen LogP contribution in [0.3, 0.4) is 0 Å². The maximum Gasteiger partial charge on any atom is 0.140 e. The van der Waals surface area contributed by atoms with E-state index in [0.717, 1.165) is 46.9 Å². The summed E-state index contributed by atoms with van der Waals surface area (Å²) in [5.41, 5.74) is 3.94. The Kier molecular flexibility index (Phi) is 7.85. The molecular formula is C24H29NO4. The second kappa shape index (κ2) is 10.8. The Morgan fingerprint density at radius 1 is 0.966 bits per heavy atom. The molecule has 29 heavy (non-hydrogen) atoms. The third kappa shape index (κ3) is 5.68. The second-order valence-corrected chi connectivity index (χ2v) is 6.72. The summed E-state index contributed by atoms with van der Waals surface area (Å²) in [4.78, 5) is 0. The van der Waals surface area contributed by atoms with E-state index in [2.05, 4.69) is 17.3 Å². The first-order valence-electron chi connectivity index (χ1n) is 10.2. The van der Waals surface area contributed by atoms with Crippen LogP contribution in [0.1, 0.15) is 43.3 Å². The van der Waals surface area contributed by atoms with Crippen LogP contribution in [0.15, 0.2) is 59.1 Å². The summed E-state index contributed by atoms with van der Waals surface area (Å²) in [6.45, 7) is 8.40. The molecule has 0 saturated heterocycles. The van der Waals surface area contributed by atoms with Gasteiger partial charge in [0.2, 0.25) is 0 Å². The molecule has 1 atom stereocenters. The summed E-state index contributed by atoms with van der Waals surface area (Å²) in [5.74, 6) is 1.57. The molecule has 0 spiro atoms. The maximum atomic E-state index is 6.02. The third-order valence-corrected chi connectivity index (χ3v) is 4.76. The highest BCUT2D eigenvalue weighted by Crippen LogP contribution is 2.28. The third-order valence-electron chi connectivity index (χ3n) is 4.76. The molecule has 0 bridgehead atoms. The lowest BCUT2D eigenvalue weighted by Crippen LogP contribution is -2.08. The molecule has 1 heterocycles. The van der Waals surface area contributed by atoms with Crippen molar-refractivity contribution < 1.29 is 18.7 Å². The smallest absolute Gasteiger partial charge is 0.140 e. The van der Waals surface area contributed by atoms with Gasteiger partial charge >= 0.3 is 0 Å². The van der Waals surface area contributed by atoms with E-state index >= 15 is 0 Å². The second-order valence-electron chi connectivity index (χ2n) is 6.72. The van der Waals surface area contributed by atoms with Gasteiger partial charge in [0.1, 0.15) is 23.8 Å². The van der Waals surface area contributed by atoms with Crippen molar-refractivity contribution in [3.05, 3.63) is 71.5 Å². The van der Waals surface area contributed by atoms with Crippen LogP contribution in [0.4, 0.5) is 0 Å². The predicted octanol–water partition coefficient (Wildman–Crippen LogP) is 5.73. The van der Waals surface area contributed by atoms with Gasteiger partial charge < -0.3 is 18.7 Å². The summed E-state index contributed by atoms with van der Waals surface area (Å²) in [6.07, 6.45) is 0.868. The van der Waals surface area contributed by atoms with Crippen LogP contribution in [0.25, 0.3) is 11.3 Å². The number of ether oxygens (including phenoxy) is 3. The molecule has 0 aliphatic carbocycles. The van der Waals surface area contributed by atoms with Gasteiger partial charge in [0, 0.05) is 31.8 Å². The van der Waals surface area contributed by atoms with E-state index in [-0.39, 0.29) is 6.10 Å². The van der Waals surface area contributed by atoms with Crippen molar-refractivity contribution >= 4 is 0 Å². The highest BCUT2D eigenvalue weighted by atomic mass is 16.5. The van der Waals surface area contributed by atoms with Crippen molar-refractivity contribution in [3.63, 3.8) is 0 Å². The number of rotatable bonds is 11. The Morgan fingerprint density at radius 3 is 2.41 bits per heavy atom. The van der Waals surface area contributed by atoms with E-state index in [4.69, 9.17) is 18.7 Å². The van der Waals surface area contributed by atoms with E-state index in [1.807, 2.05) is 63.2 Å². The van der Waals surface area contributed by atoms with E-state index in [9.17, 15) is 0 Å². The molecule has 1 unspecified atom stereocenters. The fourth-order valence-corrected chi connectivity index (χ4v) is 3.20. The molecule has 0 amide bonds. The molecule has 0 radical (unpaired) electrons. The lowest BCUT2D eigenvalue weighted by atomic mass is 10.1. The zero-order valence-electron chi connectivity index (χ0n) is 17.4. The number of hydrogen-bond acceptors (Lipinski definition) is 5. The standard InChI is InChI=1S/C24H29NO4/c1-4-26-16-15-23(27-5-2)19-11-13-21(14-12-19)28-17-22-18(3)29-25-24(22)20-9-7-6-8-10-20/h6-14,23H,4-5,15-17H2,1-3H3. The Hall–Kier alpha value is -2.63. The molecule has 0 aliphatic heterocycles. The minimum Gasteiger partial charge on any atom is -0.489 e. The highest BCUT2D eigenvalue weighted by Gasteiger charge is 2.16. The summed E-state index contributed by atoms with van der Waals surface area (Å²) in [7, 11) is 0. The lowest BCUT2D eigenvalue weighted by Gasteiger charge is -2.18. The highest BCUT2D eigenvalue weighted by molar-refractivity contribution is 5.63. The van der Waals surface area contributed by atoms with Crippen LogP contribution < -0.4 is 4.74 Å². The summed E-state index contributed by atoms with van der Waals surface area (Å²) < 4.78 is 22.8. The first-order chi connectivity index (χ1) is 14.2. The lowest BCUT2D eigenvalue weighted by molar-refractivity contribution is 0.0288. The van der Waals surface area contributed by atoms with Gasteiger partial charge in [0.15, 0.2) is 0 Å². The first-order valence-corrected chi connectivity index (χ1v) is 10.2. The first kappa shape index (κ1) is 21.1. The van der Waals surface area contributed by atoms with Gasteiger partial charge in [-0.3, -0.25) is 0 Å². The van der Waals surface area contributed by atoms with Crippen LogP contribution in [0.5, 0.6) is 5.75 Å². The van der Waals surface area contributed by atoms with Gasteiger partial charge in [-0.1, -0.05) is 47.6 Å².